The Hall–Kier alpha value is -2.69. The molecule has 2 aromatic heterocycles. The lowest BCUT2D eigenvalue weighted by atomic mass is 10.1. The zero-order valence-electron chi connectivity index (χ0n) is 18.8. The van der Waals surface area contributed by atoms with E-state index < -0.39 is 0 Å². The van der Waals surface area contributed by atoms with Crippen molar-refractivity contribution in [2.24, 2.45) is 0 Å². The van der Waals surface area contributed by atoms with Crippen LogP contribution in [0, 0.1) is 0 Å². The van der Waals surface area contributed by atoms with Crippen molar-refractivity contribution in [3.05, 3.63) is 78.1 Å². The number of nitrogens with one attached hydrogen (secondary N) is 1. The second-order valence-electron chi connectivity index (χ2n) is 8.12. The van der Waals surface area contributed by atoms with Crippen LogP contribution in [-0.4, -0.2) is 40.6 Å². The Bertz CT molecular complexity index is 1100. The highest BCUT2D eigenvalue weighted by atomic mass is 15.1. The summed E-state index contributed by atoms with van der Waals surface area (Å²) in [7, 11) is 0. The Morgan fingerprint density at radius 2 is 1.68 bits per heavy atom. The molecule has 0 amide bonds. The summed E-state index contributed by atoms with van der Waals surface area (Å²) in [5, 5.41) is 6.26. The number of rotatable bonds is 11. The van der Waals surface area contributed by atoms with Gasteiger partial charge in [0, 0.05) is 35.6 Å². The highest BCUT2D eigenvalue weighted by Gasteiger charge is 2.14. The molecule has 4 rings (SSSR count). The number of pyridine rings is 1. The van der Waals surface area contributed by atoms with Crippen molar-refractivity contribution in [1.82, 2.24) is 19.8 Å². The normalized spacial score (nSPS) is 11.7. The highest BCUT2D eigenvalue weighted by molar-refractivity contribution is 6.08. The lowest BCUT2D eigenvalue weighted by Gasteiger charge is -2.17. The van der Waals surface area contributed by atoms with Gasteiger partial charge in [0.15, 0.2) is 0 Å². The molecule has 4 heteroatoms. The quantitative estimate of drug-likeness (QED) is 0.340. The molecule has 2 aromatic carbocycles. The monoisotopic (exact) mass is 414 g/mol. The van der Waals surface area contributed by atoms with E-state index in [2.05, 4.69) is 89.3 Å². The third-order valence-corrected chi connectivity index (χ3v) is 6.24. The summed E-state index contributed by atoms with van der Waals surface area (Å²) in [6.45, 7) is 10.6. The summed E-state index contributed by atoms with van der Waals surface area (Å²) >= 11 is 0. The molecular formula is C27H34N4. The van der Waals surface area contributed by atoms with Crippen LogP contribution in [0.25, 0.3) is 21.8 Å². The van der Waals surface area contributed by atoms with Gasteiger partial charge in [-0.1, -0.05) is 62.4 Å². The van der Waals surface area contributed by atoms with E-state index in [1.807, 2.05) is 6.20 Å². The number of aryl methyl sites for hydroxylation is 2. The van der Waals surface area contributed by atoms with Crippen LogP contribution >= 0.6 is 0 Å². The third-order valence-electron chi connectivity index (χ3n) is 6.24. The summed E-state index contributed by atoms with van der Waals surface area (Å²) in [6.07, 6.45) is 4.14. The lowest BCUT2D eigenvalue weighted by Crippen LogP contribution is -2.27. The standard InChI is InChI=1S/C27H34N4/c1-3-30(4-2)19-10-17-28-21-25-27-24(15-18-29-25)23-13-8-9-14-26(23)31(27)20-16-22-11-6-5-7-12-22/h5-9,11-15,18,28H,3-4,10,16-17,19-21H2,1-2H3. The van der Waals surface area contributed by atoms with E-state index in [1.165, 1.54) is 27.4 Å². The molecule has 4 nitrogen and oxygen atoms in total. The van der Waals surface area contributed by atoms with Gasteiger partial charge in [-0.05, 0) is 56.7 Å². The molecule has 0 unspecified atom stereocenters. The summed E-state index contributed by atoms with van der Waals surface area (Å²) in [4.78, 5) is 7.26. The Morgan fingerprint density at radius 1 is 0.903 bits per heavy atom. The number of nitrogens with zero attached hydrogens (tertiary/aromatic N) is 3. The Morgan fingerprint density at radius 3 is 2.48 bits per heavy atom. The summed E-state index contributed by atoms with van der Waals surface area (Å²) in [5.74, 6) is 0. The third kappa shape index (κ3) is 4.97. The number of hydrogen-bond donors (Lipinski definition) is 1. The van der Waals surface area contributed by atoms with E-state index in [1.54, 1.807) is 0 Å². The molecule has 0 aliphatic rings. The van der Waals surface area contributed by atoms with E-state index in [4.69, 9.17) is 4.98 Å². The van der Waals surface area contributed by atoms with Crippen molar-refractivity contribution in [3.63, 3.8) is 0 Å². The Labute approximate surface area is 185 Å². The smallest absolute Gasteiger partial charge is 0.0784 e. The minimum atomic E-state index is 0.803. The Kier molecular flexibility index (Phi) is 7.34. The number of fused-ring (bicyclic) bond motifs is 3. The SMILES string of the molecule is CCN(CC)CCCNCc1nccc2c3ccccc3n(CCc3ccccc3)c12. The maximum absolute atomic E-state index is 4.79. The van der Waals surface area contributed by atoms with Crippen LogP contribution < -0.4 is 5.32 Å². The van der Waals surface area contributed by atoms with E-state index in [-0.39, 0.29) is 0 Å². The maximum atomic E-state index is 4.79. The highest BCUT2D eigenvalue weighted by Crippen LogP contribution is 2.30. The van der Waals surface area contributed by atoms with E-state index in [0.29, 0.717) is 0 Å². The molecular weight excluding hydrogens is 380 g/mol. The van der Waals surface area contributed by atoms with E-state index >= 15 is 0 Å². The van der Waals surface area contributed by atoms with Crippen LogP contribution in [0.1, 0.15) is 31.5 Å². The topological polar surface area (TPSA) is 33.1 Å². The van der Waals surface area contributed by atoms with Crippen molar-refractivity contribution in [2.45, 2.75) is 39.8 Å². The summed E-state index contributed by atoms with van der Waals surface area (Å²) in [6, 6.07) is 21.7. The number of hydrogen-bond acceptors (Lipinski definition) is 3. The molecule has 0 radical (unpaired) electrons. The summed E-state index contributed by atoms with van der Waals surface area (Å²) < 4.78 is 2.47. The first-order valence-corrected chi connectivity index (χ1v) is 11.6. The lowest BCUT2D eigenvalue weighted by molar-refractivity contribution is 0.298. The summed E-state index contributed by atoms with van der Waals surface area (Å²) in [5.41, 5.74) is 5.08. The average molecular weight is 415 g/mol. The average Bonchev–Trinajstić information content (AvgIpc) is 3.15. The van der Waals surface area contributed by atoms with Gasteiger partial charge >= 0.3 is 0 Å². The largest absolute Gasteiger partial charge is 0.339 e. The Balaban J connectivity index is 1.56. The molecule has 1 N–H and O–H groups in total. The zero-order valence-corrected chi connectivity index (χ0v) is 18.8. The van der Waals surface area contributed by atoms with Crippen LogP contribution in [0.2, 0.25) is 0 Å². The van der Waals surface area contributed by atoms with Gasteiger partial charge in [0.05, 0.1) is 11.2 Å². The molecule has 0 aliphatic heterocycles. The molecule has 0 aliphatic carbocycles. The van der Waals surface area contributed by atoms with Gasteiger partial charge in [-0.2, -0.15) is 0 Å². The zero-order chi connectivity index (χ0) is 21.5. The van der Waals surface area contributed by atoms with E-state index in [9.17, 15) is 0 Å². The molecule has 0 bridgehead atoms. The minimum Gasteiger partial charge on any atom is -0.339 e. The molecule has 31 heavy (non-hydrogen) atoms. The van der Waals surface area contributed by atoms with Crippen molar-refractivity contribution in [3.8, 4) is 0 Å². The predicted molar refractivity (Wildman–Crippen MR) is 131 cm³/mol. The molecule has 0 fully saturated rings. The second-order valence-corrected chi connectivity index (χ2v) is 8.12. The van der Waals surface area contributed by atoms with Crippen molar-refractivity contribution >= 4 is 21.8 Å². The van der Waals surface area contributed by atoms with Gasteiger partial charge in [0.1, 0.15) is 0 Å². The van der Waals surface area contributed by atoms with Crippen LogP contribution in [0.3, 0.4) is 0 Å². The molecule has 4 aromatic rings. The molecule has 0 saturated heterocycles. The number of para-hydroxylation sites is 1. The molecule has 0 atom stereocenters. The maximum Gasteiger partial charge on any atom is 0.0784 e. The second kappa shape index (κ2) is 10.6. The van der Waals surface area contributed by atoms with Crippen LogP contribution in [0.15, 0.2) is 66.9 Å². The van der Waals surface area contributed by atoms with Gasteiger partial charge < -0.3 is 14.8 Å². The molecule has 162 valence electrons. The number of benzene rings is 2. The molecule has 2 heterocycles. The van der Waals surface area contributed by atoms with Gasteiger partial charge in [0.2, 0.25) is 0 Å². The minimum absolute atomic E-state index is 0.803. The first kappa shape index (κ1) is 21.5. The fourth-order valence-corrected chi connectivity index (χ4v) is 4.49. The van der Waals surface area contributed by atoms with Gasteiger partial charge in [-0.3, -0.25) is 4.98 Å². The fraction of sp³-hybridized carbons (Fsp3) is 0.370. The van der Waals surface area contributed by atoms with Crippen molar-refractivity contribution in [1.29, 1.82) is 0 Å². The fourth-order valence-electron chi connectivity index (χ4n) is 4.49. The first-order valence-electron chi connectivity index (χ1n) is 11.6. The van der Waals surface area contributed by atoms with Gasteiger partial charge in [-0.25, -0.2) is 0 Å². The molecule has 0 spiro atoms. The van der Waals surface area contributed by atoms with Crippen LogP contribution in [0.4, 0.5) is 0 Å². The number of aromatic nitrogens is 2. The first-order chi connectivity index (χ1) is 15.3. The van der Waals surface area contributed by atoms with Crippen LogP contribution in [0.5, 0.6) is 0 Å². The van der Waals surface area contributed by atoms with Crippen LogP contribution in [-0.2, 0) is 19.5 Å². The van der Waals surface area contributed by atoms with Gasteiger partial charge in [0.25, 0.3) is 0 Å². The van der Waals surface area contributed by atoms with Crippen molar-refractivity contribution < 1.29 is 0 Å². The van der Waals surface area contributed by atoms with E-state index in [0.717, 1.165) is 57.8 Å². The van der Waals surface area contributed by atoms with Crippen molar-refractivity contribution in [2.75, 3.05) is 26.2 Å². The molecule has 0 saturated carbocycles. The predicted octanol–water partition coefficient (Wildman–Crippen LogP) is 5.25. The van der Waals surface area contributed by atoms with Gasteiger partial charge in [-0.15, -0.1) is 0 Å².